The van der Waals surface area contributed by atoms with Crippen molar-refractivity contribution in [2.75, 3.05) is 40.8 Å². The maximum atomic E-state index is 16.7. The number of likely N-dealkylation sites (N-methyl/N-ethyl adjacent to an activating group) is 1. The van der Waals surface area contributed by atoms with Crippen LogP contribution in [0.5, 0.6) is 69.0 Å². The topological polar surface area (TPSA) is 528 Å². The third-order valence-electron chi connectivity index (χ3n) is 21.5. The van der Waals surface area contributed by atoms with E-state index >= 15 is 24.0 Å². The van der Waals surface area contributed by atoms with Gasteiger partial charge in [0, 0.05) is 42.3 Å². The molecule has 14 rings (SSSR count). The molecule has 36 heteroatoms. The van der Waals surface area contributed by atoms with E-state index in [1.165, 1.54) is 75.9 Å². The number of aliphatic hydroxyl groups is 4. The fraction of sp³-hybridized carbons (Fsp3) is 0.390. The SMILES string of the molecule is CCCCCCCCCCC[N+](C)(C)CCCNCc1c(O)cc2c(c1O)-c1c(O)cccc1C1NC(=O)C3NC(=O)C4NC(=O)C(NC(=O)C(NC)c5ccc(O)c(c5)Oc5cc(O)cc4c5)C(O)c4ccc(c(Cl)c4)Oc4cc3cc(c4O[C@H]3OC(C(=O)O)[C@H](O)[C@@H](O)[C@@H]3N)Oc3ccc(cc3Cl)C(O)C(NC1=O)C(=O)NC2C(=O)O. The van der Waals surface area contributed by atoms with Crippen LogP contribution >= 0.6 is 23.2 Å². The van der Waals surface area contributed by atoms with Crippen LogP contribution in [0.15, 0.2) is 109 Å². The van der Waals surface area contributed by atoms with Crippen molar-refractivity contribution in [1.82, 2.24) is 42.5 Å². The number of ether oxygens (including phenoxy) is 5. The minimum Gasteiger partial charge on any atom is -0.508 e. The van der Waals surface area contributed by atoms with Crippen LogP contribution in [-0.2, 0) is 49.6 Å². The van der Waals surface area contributed by atoms with Gasteiger partial charge in [-0.25, -0.2) is 9.59 Å². The zero-order valence-corrected chi connectivity index (χ0v) is 65.9. The number of amides is 6. The van der Waals surface area contributed by atoms with Crippen LogP contribution in [0.2, 0.25) is 10.0 Å². The van der Waals surface area contributed by atoms with E-state index in [1.807, 2.05) is 0 Å². The van der Waals surface area contributed by atoms with Gasteiger partial charge in [0.2, 0.25) is 47.5 Å². The quantitative estimate of drug-likeness (QED) is 0.0275. The molecule has 7 heterocycles. The normalized spacial score (nSPS) is 23.9. The highest BCUT2D eigenvalue weighted by molar-refractivity contribution is 6.32. The summed E-state index contributed by atoms with van der Waals surface area (Å²) < 4.78 is 32.1. The number of hydrogen-bond acceptors (Lipinski definition) is 25. The third-order valence-corrected chi connectivity index (χ3v) is 22.1. The van der Waals surface area contributed by atoms with Crippen molar-refractivity contribution in [3.05, 3.63) is 164 Å². The van der Waals surface area contributed by atoms with E-state index in [2.05, 4.69) is 63.6 Å². The van der Waals surface area contributed by atoms with Crippen LogP contribution in [0.4, 0.5) is 0 Å². The molecule has 21 N–H and O–H groups in total. The monoisotopic (exact) mass is 1670 g/mol. The average Bonchev–Trinajstić information content (AvgIpc) is 1.14. The second-order valence-electron chi connectivity index (χ2n) is 30.3. The smallest absolute Gasteiger partial charge is 0.335 e. The second kappa shape index (κ2) is 36.7. The van der Waals surface area contributed by atoms with Gasteiger partial charge in [-0.15, -0.1) is 0 Å². The van der Waals surface area contributed by atoms with E-state index < -0.39 is 233 Å². The Morgan fingerprint density at radius 3 is 1.68 bits per heavy atom. The molecule has 0 radical (unpaired) electrons. The molecule has 7 aromatic rings. The number of nitrogens with zero attached hydrogens (tertiary/aromatic N) is 1. The minimum atomic E-state index is -2.46. The summed E-state index contributed by atoms with van der Waals surface area (Å²) in [4.78, 5) is 121. The van der Waals surface area contributed by atoms with E-state index in [9.17, 15) is 70.6 Å². The predicted molar refractivity (Wildman–Crippen MR) is 422 cm³/mol. The maximum Gasteiger partial charge on any atom is 0.335 e. The van der Waals surface area contributed by atoms with Gasteiger partial charge in [-0.2, -0.15) is 0 Å². The lowest BCUT2D eigenvalue weighted by Crippen LogP contribution is -2.64. The number of carboxylic acids is 2. The number of phenols is 5. The highest BCUT2D eigenvalue weighted by Gasteiger charge is 2.49. The van der Waals surface area contributed by atoms with Gasteiger partial charge in [-0.1, -0.05) is 105 Å². The Bertz CT molecular complexity index is 5020. The van der Waals surface area contributed by atoms with Crippen molar-refractivity contribution < 1.29 is 123 Å². The first-order valence-electron chi connectivity index (χ1n) is 38.4. The van der Waals surface area contributed by atoms with E-state index in [1.54, 1.807) is 0 Å². The number of hydrogen-bond donors (Lipinski definition) is 20. The number of aromatic hydroxyl groups is 5. The number of phenolic OH excluding ortho intramolecular Hbond substituents is 5. The van der Waals surface area contributed by atoms with E-state index in [0.29, 0.717) is 24.0 Å². The molecule has 0 aliphatic carbocycles. The van der Waals surface area contributed by atoms with E-state index in [-0.39, 0.29) is 40.3 Å². The summed E-state index contributed by atoms with van der Waals surface area (Å²) in [6.45, 7) is 3.80. The van der Waals surface area contributed by atoms with Crippen LogP contribution in [0.1, 0.15) is 158 Å². The Morgan fingerprint density at radius 2 is 1.08 bits per heavy atom. The Kier molecular flexibility index (Phi) is 26.8. The first-order chi connectivity index (χ1) is 56.2. The average molecular weight is 1670 g/mol. The van der Waals surface area contributed by atoms with Crippen molar-refractivity contribution in [1.29, 1.82) is 0 Å². The van der Waals surface area contributed by atoms with E-state index in [0.717, 1.165) is 105 Å². The van der Waals surface area contributed by atoms with Gasteiger partial charge in [0.05, 0.1) is 48.8 Å². The molecule has 628 valence electrons. The van der Waals surface area contributed by atoms with Crippen LogP contribution in [-0.4, -0.2) is 192 Å². The number of fused-ring (bicyclic) bond motifs is 13. The number of quaternary nitrogens is 1. The highest BCUT2D eigenvalue weighted by atomic mass is 35.5. The fourth-order valence-corrected chi connectivity index (χ4v) is 15.6. The van der Waals surface area contributed by atoms with Crippen molar-refractivity contribution in [2.45, 2.75) is 163 Å². The highest BCUT2D eigenvalue weighted by Crippen LogP contribution is 2.52. The van der Waals surface area contributed by atoms with Crippen molar-refractivity contribution in [3.8, 4) is 80.1 Å². The molecular weight excluding hydrogens is 1580 g/mol. The summed E-state index contributed by atoms with van der Waals surface area (Å²) in [5.74, 6) is -19.0. The summed E-state index contributed by atoms with van der Waals surface area (Å²) in [6, 6.07) is 2.76. The Hall–Kier alpha value is -11.3. The number of nitrogens with one attached hydrogen (secondary N) is 8. The molecule has 1 saturated heterocycles. The molecular formula is C82H93Cl2N10O24+. The number of rotatable bonds is 21. The summed E-state index contributed by atoms with van der Waals surface area (Å²) >= 11 is 14.2. The number of nitrogens with two attached hydrogens (primary N) is 1. The molecule has 34 nitrogen and oxygen atoms in total. The molecule has 6 amide bonds. The molecule has 0 spiro atoms. The molecule has 1 fully saturated rings. The zero-order chi connectivity index (χ0) is 84.9. The molecule has 7 aliphatic heterocycles. The minimum absolute atomic E-state index is 0.129. The Labute approximate surface area is 685 Å². The molecule has 7 aromatic carbocycles. The molecule has 7 aliphatic rings. The number of aliphatic carboxylic acids is 2. The number of carboxylic acid groups (broad SMARTS) is 2. The number of unbranched alkanes of at least 4 members (excludes halogenated alkanes) is 8. The largest absolute Gasteiger partial charge is 0.508 e. The van der Waals surface area contributed by atoms with E-state index in [4.69, 9.17) is 52.6 Å². The zero-order valence-electron chi connectivity index (χ0n) is 64.4. The van der Waals surface area contributed by atoms with Gasteiger partial charge in [0.15, 0.2) is 35.1 Å². The van der Waals surface area contributed by atoms with Gasteiger partial charge >= 0.3 is 11.9 Å². The number of halogens is 2. The van der Waals surface area contributed by atoms with Crippen LogP contribution in [0.3, 0.4) is 0 Å². The predicted octanol–water partition coefficient (Wildman–Crippen LogP) is 6.36. The summed E-state index contributed by atoms with van der Waals surface area (Å²) in [6.07, 6.45) is -1.97. The first-order valence-corrected chi connectivity index (χ1v) is 39.2. The van der Waals surface area contributed by atoms with Gasteiger partial charge in [0.1, 0.15) is 101 Å². The lowest BCUT2D eigenvalue weighted by molar-refractivity contribution is -0.890. The van der Waals surface area contributed by atoms with Crippen LogP contribution in [0, 0.1) is 0 Å². The fourth-order valence-electron chi connectivity index (χ4n) is 15.1. The third kappa shape index (κ3) is 18.8. The molecule has 10 unspecified atom stereocenters. The number of carbonyl (C=O) groups is 8. The van der Waals surface area contributed by atoms with Gasteiger partial charge < -0.3 is 133 Å². The molecule has 14 atom stereocenters. The standard InChI is InChI=1S/C82H92Cl2N10O24/c1-5-6-7-8-9-10-11-12-13-25-94(3,4)26-15-24-87-36-46-51(98)35-45-58(69(46)101)57-44(16-14-17-50(57)97)63-77(107)93-66(79(109)91-64(45)80(110)111)68(100)39-20-23-53(48(84)30-39)116-56-33-41-32-55(72(56)117-82-59(85)70(102)71(103)73(118-82)81(112)113)115-52-22-19-38(29-47(52)83)67(99)65-78(108)89-61(75(105)88-62(41)76(106)90-63)40-27-42(95)34-43(28-40)114-54-31-37(18-21-49(54)96)60(86-2)74(104)92-65/h14,16-23,27-35,59-68,70-71,73,82,86-87,99-100,102-103H,5-13,15,24-26,36,85H2,1-4H3,(H12-,88,89,90,91,92,93,95,96,97,98,101,104,105,106,107,108,109,110,111,112,113)/p+1/t59-,60?,61?,62?,63?,64?,65?,66?,67?,68?,70-,71+,73?,82-/m0/s1. The summed E-state index contributed by atoms with van der Waals surface area (Å²) in [7, 11) is 5.61. The van der Waals surface area contributed by atoms with Gasteiger partial charge in [0.25, 0.3) is 0 Å². The second-order valence-corrected chi connectivity index (χ2v) is 31.1. The molecule has 0 aromatic heterocycles. The molecule has 0 saturated carbocycles. The number of carbonyl (C=O) groups excluding carboxylic acids is 6. The maximum absolute atomic E-state index is 16.7. The van der Waals surface area contributed by atoms with Crippen LogP contribution in [0.25, 0.3) is 11.1 Å². The Morgan fingerprint density at radius 1 is 0.525 bits per heavy atom. The van der Waals surface area contributed by atoms with Crippen molar-refractivity contribution in [2.24, 2.45) is 5.73 Å². The van der Waals surface area contributed by atoms with Gasteiger partial charge in [-0.05, 0) is 126 Å². The Balaban J connectivity index is 1.05. The molecule has 15 bridgehead atoms. The van der Waals surface area contributed by atoms with Crippen LogP contribution < -0.4 is 67.2 Å². The lowest BCUT2D eigenvalue weighted by Gasteiger charge is -2.39. The van der Waals surface area contributed by atoms with Gasteiger partial charge in [-0.3, -0.25) is 28.8 Å². The lowest BCUT2D eigenvalue weighted by atomic mass is 9.86. The van der Waals surface area contributed by atoms with Crippen molar-refractivity contribution in [3.63, 3.8) is 0 Å². The summed E-state index contributed by atoms with van der Waals surface area (Å²) in [5.41, 5.74) is 2.48. The summed E-state index contributed by atoms with van der Waals surface area (Å²) in [5, 5.41) is 149. The number of benzene rings is 7. The first kappa shape index (κ1) is 86.1. The molecule has 118 heavy (non-hydrogen) atoms. The van der Waals surface area contributed by atoms with Crippen molar-refractivity contribution >= 4 is 70.6 Å². The number of aliphatic hydroxyl groups excluding tert-OH is 4.